The van der Waals surface area contributed by atoms with E-state index >= 15 is 0 Å². The lowest BCUT2D eigenvalue weighted by atomic mass is 10.2. The van der Waals surface area contributed by atoms with Crippen LogP contribution in [0.5, 0.6) is 0 Å². The number of anilines is 2. The van der Waals surface area contributed by atoms with Crippen molar-refractivity contribution in [2.75, 3.05) is 11.1 Å². The lowest BCUT2D eigenvalue weighted by molar-refractivity contribution is 0.102. The second-order valence-electron chi connectivity index (χ2n) is 3.67. The molecule has 3 nitrogen and oxygen atoms in total. The van der Waals surface area contributed by atoms with Gasteiger partial charge in [0.1, 0.15) is 0 Å². The number of hydrogen-bond donors (Lipinski definition) is 2. The van der Waals surface area contributed by atoms with E-state index in [1.807, 2.05) is 0 Å². The van der Waals surface area contributed by atoms with Gasteiger partial charge in [-0.15, -0.1) is 0 Å². The first-order valence-corrected chi connectivity index (χ1v) is 5.94. The molecule has 0 heterocycles. The van der Waals surface area contributed by atoms with Crippen molar-refractivity contribution in [1.82, 2.24) is 0 Å². The van der Waals surface area contributed by atoms with E-state index in [0.29, 0.717) is 27.0 Å². The fraction of sp³-hybridized carbons (Fsp3) is 0. The first-order valence-electron chi connectivity index (χ1n) is 5.19. The number of carbonyl (C=O) groups is 1. The summed E-state index contributed by atoms with van der Waals surface area (Å²) >= 11 is 11.7. The molecular weight excluding hydrogens is 271 g/mol. The monoisotopic (exact) mass is 280 g/mol. The number of carbonyl (C=O) groups excluding carboxylic acids is 1. The molecule has 0 spiro atoms. The van der Waals surface area contributed by atoms with Gasteiger partial charge in [-0.3, -0.25) is 4.79 Å². The molecule has 3 N–H and O–H groups in total. The first-order chi connectivity index (χ1) is 8.58. The predicted octanol–water partition coefficient (Wildman–Crippen LogP) is 3.83. The van der Waals surface area contributed by atoms with Gasteiger partial charge in [0.25, 0.3) is 5.91 Å². The number of nitrogen functional groups attached to an aromatic ring is 1. The second kappa shape index (κ2) is 5.29. The van der Waals surface area contributed by atoms with Crippen molar-refractivity contribution < 1.29 is 4.79 Å². The Hall–Kier alpha value is -1.71. The molecule has 0 saturated heterocycles. The molecule has 0 fully saturated rings. The summed E-state index contributed by atoms with van der Waals surface area (Å²) in [6.45, 7) is 0. The quantitative estimate of drug-likeness (QED) is 0.822. The van der Waals surface area contributed by atoms with Crippen LogP contribution in [0.2, 0.25) is 10.0 Å². The topological polar surface area (TPSA) is 55.1 Å². The van der Waals surface area contributed by atoms with Crippen LogP contribution in [0.25, 0.3) is 0 Å². The molecule has 92 valence electrons. The highest BCUT2D eigenvalue weighted by Gasteiger charge is 2.10. The molecule has 5 heteroatoms. The minimum atomic E-state index is -0.286. The van der Waals surface area contributed by atoms with Gasteiger partial charge in [-0.1, -0.05) is 29.3 Å². The number of halogens is 2. The summed E-state index contributed by atoms with van der Waals surface area (Å²) in [4.78, 5) is 12.0. The minimum Gasteiger partial charge on any atom is -0.397 e. The maximum absolute atomic E-state index is 12.0. The fourth-order valence-electron chi connectivity index (χ4n) is 1.46. The van der Waals surface area contributed by atoms with Crippen LogP contribution >= 0.6 is 23.2 Å². The largest absolute Gasteiger partial charge is 0.397 e. The van der Waals surface area contributed by atoms with Gasteiger partial charge in [0, 0.05) is 10.6 Å². The Morgan fingerprint density at radius 2 is 1.72 bits per heavy atom. The van der Waals surface area contributed by atoms with E-state index in [4.69, 9.17) is 28.9 Å². The number of benzene rings is 2. The number of amides is 1. The van der Waals surface area contributed by atoms with Crippen LogP contribution in [0.15, 0.2) is 42.5 Å². The molecule has 0 bridgehead atoms. The Morgan fingerprint density at radius 1 is 1.06 bits per heavy atom. The summed E-state index contributed by atoms with van der Waals surface area (Å²) in [7, 11) is 0. The normalized spacial score (nSPS) is 10.1. The highest BCUT2D eigenvalue weighted by Crippen LogP contribution is 2.28. The zero-order valence-electron chi connectivity index (χ0n) is 9.28. The summed E-state index contributed by atoms with van der Waals surface area (Å²) in [6.07, 6.45) is 0. The number of para-hydroxylation sites is 1. The summed E-state index contributed by atoms with van der Waals surface area (Å²) in [6, 6.07) is 11.6. The predicted molar refractivity (Wildman–Crippen MR) is 75.3 cm³/mol. The molecule has 0 aliphatic heterocycles. The number of rotatable bonds is 2. The van der Waals surface area contributed by atoms with Crippen LogP contribution in [0.1, 0.15) is 10.4 Å². The van der Waals surface area contributed by atoms with Crippen LogP contribution in [-0.4, -0.2) is 5.91 Å². The summed E-state index contributed by atoms with van der Waals surface area (Å²) in [5.41, 5.74) is 7.07. The third-order valence-corrected chi connectivity index (χ3v) is 2.96. The summed E-state index contributed by atoms with van der Waals surface area (Å²) < 4.78 is 0. The molecule has 0 atom stereocenters. The van der Waals surface area contributed by atoms with Crippen LogP contribution < -0.4 is 11.1 Å². The highest BCUT2D eigenvalue weighted by molar-refractivity contribution is 6.34. The van der Waals surface area contributed by atoms with Crippen molar-refractivity contribution in [2.45, 2.75) is 0 Å². The van der Waals surface area contributed by atoms with Crippen molar-refractivity contribution in [1.29, 1.82) is 0 Å². The lowest BCUT2D eigenvalue weighted by Crippen LogP contribution is -2.13. The van der Waals surface area contributed by atoms with E-state index < -0.39 is 0 Å². The summed E-state index contributed by atoms with van der Waals surface area (Å²) in [5.74, 6) is -0.286. The Labute approximate surface area is 115 Å². The molecule has 0 radical (unpaired) electrons. The SMILES string of the molecule is Nc1cccc(Cl)c1NC(=O)c1ccc(Cl)cc1. The van der Waals surface area contributed by atoms with Crippen molar-refractivity contribution in [2.24, 2.45) is 0 Å². The Kier molecular flexibility index (Phi) is 3.75. The number of nitrogens with one attached hydrogen (secondary N) is 1. The van der Waals surface area contributed by atoms with Gasteiger partial charge in [-0.2, -0.15) is 0 Å². The smallest absolute Gasteiger partial charge is 0.255 e. The zero-order chi connectivity index (χ0) is 13.1. The fourth-order valence-corrected chi connectivity index (χ4v) is 1.81. The van der Waals surface area contributed by atoms with Gasteiger partial charge < -0.3 is 11.1 Å². The zero-order valence-corrected chi connectivity index (χ0v) is 10.8. The van der Waals surface area contributed by atoms with E-state index in [2.05, 4.69) is 5.32 Å². The van der Waals surface area contributed by atoms with Gasteiger partial charge >= 0.3 is 0 Å². The molecular formula is C13H10Cl2N2O. The van der Waals surface area contributed by atoms with E-state index in [0.717, 1.165) is 0 Å². The van der Waals surface area contributed by atoms with Crippen LogP contribution in [0, 0.1) is 0 Å². The molecule has 0 aromatic heterocycles. The molecule has 0 unspecified atom stereocenters. The average molecular weight is 281 g/mol. The molecule has 0 aliphatic rings. The maximum Gasteiger partial charge on any atom is 0.255 e. The van der Waals surface area contributed by atoms with Gasteiger partial charge in [0.2, 0.25) is 0 Å². The third-order valence-electron chi connectivity index (χ3n) is 2.39. The molecule has 0 saturated carbocycles. The lowest BCUT2D eigenvalue weighted by Gasteiger charge is -2.09. The van der Waals surface area contributed by atoms with Crippen LogP contribution in [0.4, 0.5) is 11.4 Å². The molecule has 18 heavy (non-hydrogen) atoms. The Balaban J connectivity index is 2.24. The van der Waals surface area contributed by atoms with E-state index in [9.17, 15) is 4.79 Å². The molecule has 2 aromatic rings. The van der Waals surface area contributed by atoms with Crippen LogP contribution in [-0.2, 0) is 0 Å². The van der Waals surface area contributed by atoms with Crippen molar-refractivity contribution in [3.63, 3.8) is 0 Å². The summed E-state index contributed by atoms with van der Waals surface area (Å²) in [5, 5.41) is 3.65. The highest BCUT2D eigenvalue weighted by atomic mass is 35.5. The average Bonchev–Trinajstić information content (AvgIpc) is 2.34. The standard InChI is InChI=1S/C13H10Cl2N2O/c14-9-6-4-8(5-7-9)13(18)17-12-10(15)2-1-3-11(12)16/h1-7H,16H2,(H,17,18). The molecule has 2 rings (SSSR count). The molecule has 0 aliphatic carbocycles. The number of nitrogens with two attached hydrogens (primary N) is 1. The minimum absolute atomic E-state index is 0.286. The van der Waals surface area contributed by atoms with Crippen LogP contribution in [0.3, 0.4) is 0 Å². The van der Waals surface area contributed by atoms with E-state index in [1.165, 1.54) is 0 Å². The molecule has 2 aromatic carbocycles. The van der Waals surface area contributed by atoms with Crippen molar-refractivity contribution in [3.8, 4) is 0 Å². The Bertz CT molecular complexity index is 562. The third kappa shape index (κ3) is 2.75. The van der Waals surface area contributed by atoms with E-state index in [-0.39, 0.29) is 5.91 Å². The molecule has 1 amide bonds. The van der Waals surface area contributed by atoms with Gasteiger partial charge in [-0.05, 0) is 36.4 Å². The van der Waals surface area contributed by atoms with Gasteiger partial charge in [0.05, 0.1) is 16.4 Å². The second-order valence-corrected chi connectivity index (χ2v) is 4.51. The Morgan fingerprint density at radius 3 is 2.33 bits per heavy atom. The maximum atomic E-state index is 12.0. The van der Waals surface area contributed by atoms with E-state index in [1.54, 1.807) is 42.5 Å². The van der Waals surface area contributed by atoms with Gasteiger partial charge in [0.15, 0.2) is 0 Å². The van der Waals surface area contributed by atoms with Crippen molar-refractivity contribution >= 4 is 40.5 Å². The van der Waals surface area contributed by atoms with Gasteiger partial charge in [-0.25, -0.2) is 0 Å². The van der Waals surface area contributed by atoms with Crippen molar-refractivity contribution in [3.05, 3.63) is 58.1 Å². The first kappa shape index (κ1) is 12.7. The number of hydrogen-bond acceptors (Lipinski definition) is 2.